The molecule has 1 heterocycles. The molecule has 0 bridgehead atoms. The molecular formula is C24H27NO4. The van der Waals surface area contributed by atoms with Gasteiger partial charge in [-0.25, -0.2) is 0 Å². The Balaban J connectivity index is 1.56. The molecule has 0 radical (unpaired) electrons. The Bertz CT molecular complexity index is 865. The number of ether oxygens (including phenoxy) is 2. The lowest BCUT2D eigenvalue weighted by Crippen LogP contribution is -2.39. The average Bonchev–Trinajstić information content (AvgIpc) is 2.78. The molecule has 5 nitrogen and oxygen atoms in total. The summed E-state index contributed by atoms with van der Waals surface area (Å²) in [7, 11) is 1.60. The number of para-hydroxylation sites is 1. The predicted octanol–water partition coefficient (Wildman–Crippen LogP) is 4.23. The van der Waals surface area contributed by atoms with Gasteiger partial charge in [0.15, 0.2) is 5.78 Å². The van der Waals surface area contributed by atoms with Crippen molar-refractivity contribution in [2.45, 2.75) is 19.8 Å². The molecule has 1 saturated heterocycles. The van der Waals surface area contributed by atoms with Crippen molar-refractivity contribution in [3.05, 3.63) is 65.7 Å². The van der Waals surface area contributed by atoms with Crippen molar-refractivity contribution >= 4 is 17.8 Å². The minimum Gasteiger partial charge on any atom is -0.497 e. The van der Waals surface area contributed by atoms with Crippen molar-refractivity contribution in [2.75, 3.05) is 26.8 Å². The van der Waals surface area contributed by atoms with E-state index in [-0.39, 0.29) is 17.6 Å². The van der Waals surface area contributed by atoms with Crippen LogP contribution in [0.25, 0.3) is 6.08 Å². The smallest absolute Gasteiger partial charge is 0.246 e. The average molecular weight is 393 g/mol. The first-order chi connectivity index (χ1) is 14.1. The predicted molar refractivity (Wildman–Crippen MR) is 113 cm³/mol. The summed E-state index contributed by atoms with van der Waals surface area (Å²) in [6, 6.07) is 14.9. The number of rotatable bonds is 7. The number of hydrogen-bond donors (Lipinski definition) is 0. The summed E-state index contributed by atoms with van der Waals surface area (Å²) in [5.41, 5.74) is 1.58. The molecule has 1 fully saturated rings. The molecule has 0 aliphatic carbocycles. The first-order valence-corrected chi connectivity index (χ1v) is 9.99. The van der Waals surface area contributed by atoms with Crippen molar-refractivity contribution in [3.8, 4) is 11.5 Å². The number of hydrogen-bond acceptors (Lipinski definition) is 4. The number of likely N-dealkylation sites (tertiary alicyclic amines) is 1. The van der Waals surface area contributed by atoms with E-state index in [0.717, 1.165) is 17.1 Å². The van der Waals surface area contributed by atoms with Crippen LogP contribution in [0, 0.1) is 5.92 Å². The second-order valence-electron chi connectivity index (χ2n) is 7.00. The molecule has 1 aliphatic rings. The maximum absolute atomic E-state index is 12.7. The summed E-state index contributed by atoms with van der Waals surface area (Å²) >= 11 is 0. The third-order valence-electron chi connectivity index (χ3n) is 5.18. The molecular weight excluding hydrogens is 366 g/mol. The van der Waals surface area contributed by atoms with Crippen molar-refractivity contribution in [2.24, 2.45) is 5.92 Å². The highest BCUT2D eigenvalue weighted by molar-refractivity contribution is 5.98. The molecule has 3 rings (SSSR count). The Morgan fingerprint density at radius 1 is 1.07 bits per heavy atom. The van der Waals surface area contributed by atoms with Gasteiger partial charge in [0.25, 0.3) is 0 Å². The van der Waals surface area contributed by atoms with Crippen LogP contribution in [0.1, 0.15) is 35.7 Å². The van der Waals surface area contributed by atoms with E-state index < -0.39 is 0 Å². The molecule has 29 heavy (non-hydrogen) atoms. The van der Waals surface area contributed by atoms with Crippen LogP contribution in [-0.2, 0) is 4.79 Å². The Labute approximate surface area is 171 Å². The first kappa shape index (κ1) is 20.6. The summed E-state index contributed by atoms with van der Waals surface area (Å²) in [6.45, 7) is 3.68. The molecule has 5 heteroatoms. The van der Waals surface area contributed by atoms with E-state index in [1.807, 2.05) is 31.2 Å². The van der Waals surface area contributed by atoms with Gasteiger partial charge in [-0.2, -0.15) is 0 Å². The molecule has 2 aromatic carbocycles. The number of carbonyl (C=O) groups excluding carboxylic acids is 2. The van der Waals surface area contributed by atoms with Crippen molar-refractivity contribution in [3.63, 3.8) is 0 Å². The van der Waals surface area contributed by atoms with E-state index >= 15 is 0 Å². The van der Waals surface area contributed by atoms with Crippen molar-refractivity contribution in [1.82, 2.24) is 4.90 Å². The van der Waals surface area contributed by atoms with Gasteiger partial charge in [-0.15, -0.1) is 0 Å². The number of carbonyl (C=O) groups is 2. The van der Waals surface area contributed by atoms with Crippen LogP contribution in [0.15, 0.2) is 54.6 Å². The summed E-state index contributed by atoms with van der Waals surface area (Å²) < 4.78 is 10.7. The summed E-state index contributed by atoms with van der Waals surface area (Å²) in [5.74, 6) is 1.56. The van der Waals surface area contributed by atoms with Crippen LogP contribution in [0.4, 0.5) is 0 Å². The largest absolute Gasteiger partial charge is 0.497 e. The highest BCUT2D eigenvalue weighted by Crippen LogP contribution is 2.24. The Kier molecular flexibility index (Phi) is 7.06. The zero-order valence-electron chi connectivity index (χ0n) is 17.0. The van der Waals surface area contributed by atoms with Crippen LogP contribution in [0.2, 0.25) is 0 Å². The monoisotopic (exact) mass is 393 g/mol. The van der Waals surface area contributed by atoms with Gasteiger partial charge >= 0.3 is 0 Å². The highest BCUT2D eigenvalue weighted by Gasteiger charge is 2.27. The molecule has 0 atom stereocenters. The summed E-state index contributed by atoms with van der Waals surface area (Å²) in [5, 5.41) is 0. The van der Waals surface area contributed by atoms with Crippen LogP contribution in [-0.4, -0.2) is 43.4 Å². The lowest BCUT2D eigenvalue weighted by Gasteiger charge is -2.30. The van der Waals surface area contributed by atoms with E-state index in [1.165, 1.54) is 0 Å². The maximum Gasteiger partial charge on any atom is 0.246 e. The van der Waals surface area contributed by atoms with Crippen molar-refractivity contribution < 1.29 is 19.1 Å². The molecule has 1 aliphatic heterocycles. The second-order valence-corrected chi connectivity index (χ2v) is 7.00. The quantitative estimate of drug-likeness (QED) is 0.522. The highest BCUT2D eigenvalue weighted by atomic mass is 16.5. The Morgan fingerprint density at radius 2 is 1.76 bits per heavy atom. The number of amides is 1. The van der Waals surface area contributed by atoms with Crippen LogP contribution in [0.3, 0.4) is 0 Å². The van der Waals surface area contributed by atoms with Gasteiger partial charge in [-0.1, -0.05) is 18.2 Å². The molecule has 1 amide bonds. The topological polar surface area (TPSA) is 55.8 Å². The van der Waals surface area contributed by atoms with Crippen molar-refractivity contribution in [1.29, 1.82) is 0 Å². The van der Waals surface area contributed by atoms with E-state index in [9.17, 15) is 9.59 Å². The molecule has 0 saturated carbocycles. The van der Waals surface area contributed by atoms with E-state index in [4.69, 9.17) is 9.47 Å². The zero-order valence-corrected chi connectivity index (χ0v) is 17.0. The van der Waals surface area contributed by atoms with E-state index in [2.05, 4.69) is 0 Å². The van der Waals surface area contributed by atoms with Crippen LogP contribution >= 0.6 is 0 Å². The minimum absolute atomic E-state index is 0.0355. The standard InChI is InChI=1S/C24H27NO4/c1-3-29-22-7-5-4-6-18(22)10-13-23(26)25-16-14-20(15-17-25)24(27)19-8-11-21(28-2)12-9-19/h4-13,20H,3,14-17H2,1-2H3. The number of piperidine rings is 1. The van der Waals surface area contributed by atoms with Gasteiger partial charge in [-0.05, 0) is 56.2 Å². The number of ketones is 1. The third kappa shape index (κ3) is 5.25. The van der Waals surface area contributed by atoms with E-state index in [0.29, 0.717) is 38.1 Å². The number of Topliss-reactive ketones (excluding diaryl/α,β-unsaturated/α-hetero) is 1. The van der Waals surface area contributed by atoms with Gasteiger partial charge in [0.1, 0.15) is 11.5 Å². The third-order valence-corrected chi connectivity index (χ3v) is 5.18. The second kappa shape index (κ2) is 9.92. The fourth-order valence-corrected chi connectivity index (χ4v) is 3.52. The SMILES string of the molecule is CCOc1ccccc1C=CC(=O)N1CCC(C(=O)c2ccc(OC)cc2)CC1. The molecule has 0 spiro atoms. The molecule has 0 aromatic heterocycles. The summed E-state index contributed by atoms with van der Waals surface area (Å²) in [4.78, 5) is 27.1. The number of benzene rings is 2. The van der Waals surface area contributed by atoms with Gasteiger partial charge in [0, 0.05) is 36.2 Å². The minimum atomic E-state index is -0.0462. The van der Waals surface area contributed by atoms with E-state index in [1.54, 1.807) is 48.4 Å². The lowest BCUT2D eigenvalue weighted by molar-refractivity contribution is -0.127. The molecule has 0 unspecified atom stereocenters. The zero-order chi connectivity index (χ0) is 20.6. The van der Waals surface area contributed by atoms with Gasteiger partial charge in [-0.3, -0.25) is 9.59 Å². The summed E-state index contributed by atoms with van der Waals surface area (Å²) in [6.07, 6.45) is 4.74. The van der Waals surface area contributed by atoms with Gasteiger partial charge < -0.3 is 14.4 Å². The first-order valence-electron chi connectivity index (χ1n) is 9.99. The molecule has 2 aromatic rings. The fraction of sp³-hybridized carbons (Fsp3) is 0.333. The van der Waals surface area contributed by atoms with Gasteiger partial charge in [0.2, 0.25) is 5.91 Å². The Hall–Kier alpha value is -3.08. The number of nitrogens with zero attached hydrogens (tertiary/aromatic N) is 1. The lowest BCUT2D eigenvalue weighted by atomic mass is 9.89. The normalized spacial score (nSPS) is 14.8. The van der Waals surface area contributed by atoms with Crippen LogP contribution < -0.4 is 9.47 Å². The molecule has 152 valence electrons. The Morgan fingerprint density at radius 3 is 2.41 bits per heavy atom. The fourth-order valence-electron chi connectivity index (χ4n) is 3.52. The molecule has 0 N–H and O–H groups in total. The maximum atomic E-state index is 12.7. The number of methoxy groups -OCH3 is 1. The van der Waals surface area contributed by atoms with Crippen LogP contribution in [0.5, 0.6) is 11.5 Å². The van der Waals surface area contributed by atoms with Gasteiger partial charge in [0.05, 0.1) is 13.7 Å².